The van der Waals surface area contributed by atoms with Gasteiger partial charge in [0, 0.05) is 42.7 Å². The van der Waals surface area contributed by atoms with Crippen LogP contribution in [0.25, 0.3) is 33.3 Å². The van der Waals surface area contributed by atoms with Gasteiger partial charge in [-0.2, -0.15) is 0 Å². The van der Waals surface area contributed by atoms with Crippen LogP contribution in [0, 0.1) is 0 Å². The highest BCUT2D eigenvalue weighted by Crippen LogP contribution is 2.30. The van der Waals surface area contributed by atoms with Crippen molar-refractivity contribution in [3.05, 3.63) is 59.4 Å². The minimum atomic E-state index is -0.324. The quantitative estimate of drug-likeness (QED) is 0.410. The molecular formula is C25H23ClN4O4. The monoisotopic (exact) mass is 478 g/mol. The van der Waals surface area contributed by atoms with Gasteiger partial charge in [-0.05, 0) is 42.8 Å². The summed E-state index contributed by atoms with van der Waals surface area (Å²) in [5.41, 5.74) is 4.14. The number of nitrogens with zero attached hydrogens (tertiary/aromatic N) is 4. The molecule has 1 aliphatic rings. The van der Waals surface area contributed by atoms with E-state index in [1.54, 1.807) is 21.9 Å². The average Bonchev–Trinajstić information content (AvgIpc) is 3.34. The molecular weight excluding hydrogens is 456 g/mol. The molecule has 1 saturated heterocycles. The van der Waals surface area contributed by atoms with E-state index in [1.165, 1.54) is 6.39 Å². The Balaban J connectivity index is 1.37. The molecule has 8 nitrogen and oxygen atoms in total. The van der Waals surface area contributed by atoms with Crippen molar-refractivity contribution in [3.8, 4) is 11.3 Å². The second-order valence-corrected chi connectivity index (χ2v) is 8.56. The summed E-state index contributed by atoms with van der Waals surface area (Å²) in [6.45, 7) is 4.14. The summed E-state index contributed by atoms with van der Waals surface area (Å²) in [7, 11) is 0. The molecule has 0 unspecified atom stereocenters. The minimum Gasteiger partial charge on any atom is -0.449 e. The molecule has 3 heterocycles. The van der Waals surface area contributed by atoms with Crippen LogP contribution in [-0.2, 0) is 4.74 Å². The third-order valence-corrected chi connectivity index (χ3v) is 6.20. The smallest absolute Gasteiger partial charge is 0.409 e. The molecule has 0 saturated carbocycles. The fourth-order valence-electron chi connectivity index (χ4n) is 4.04. The molecule has 34 heavy (non-hydrogen) atoms. The number of benzene rings is 2. The Morgan fingerprint density at radius 1 is 1.03 bits per heavy atom. The van der Waals surface area contributed by atoms with E-state index in [0.717, 1.165) is 22.9 Å². The predicted molar refractivity (Wildman–Crippen MR) is 129 cm³/mol. The highest BCUT2D eigenvalue weighted by molar-refractivity contribution is 6.35. The second kappa shape index (κ2) is 9.30. The van der Waals surface area contributed by atoms with Crippen molar-refractivity contribution >= 4 is 45.6 Å². The molecule has 9 heteroatoms. The molecule has 2 aromatic heterocycles. The van der Waals surface area contributed by atoms with E-state index in [-0.39, 0.29) is 12.0 Å². The first-order valence-electron chi connectivity index (χ1n) is 11.2. The maximum absolute atomic E-state index is 13.2. The number of halogens is 1. The van der Waals surface area contributed by atoms with E-state index in [0.29, 0.717) is 60.2 Å². The molecule has 2 aromatic carbocycles. The van der Waals surface area contributed by atoms with E-state index in [4.69, 9.17) is 25.7 Å². The molecule has 1 aliphatic heterocycles. The van der Waals surface area contributed by atoms with Crippen LogP contribution in [0.2, 0.25) is 5.02 Å². The zero-order chi connectivity index (χ0) is 23.7. The Bertz CT molecular complexity index is 1380. The zero-order valence-corrected chi connectivity index (χ0v) is 19.4. The lowest BCUT2D eigenvalue weighted by molar-refractivity contribution is 0.0560. The SMILES string of the molecule is CCCOC(=O)N1CCN(C(=O)c2ccc3c(Cl)cc(-c4ccc5ocnc5c4)nc3c2)CC1. The summed E-state index contributed by atoms with van der Waals surface area (Å²) in [5, 5.41) is 1.33. The first-order chi connectivity index (χ1) is 16.5. The lowest BCUT2D eigenvalue weighted by Gasteiger charge is -2.34. The van der Waals surface area contributed by atoms with Crippen LogP contribution in [0.5, 0.6) is 0 Å². The Morgan fingerprint density at radius 2 is 1.82 bits per heavy atom. The van der Waals surface area contributed by atoms with Crippen LogP contribution in [0.4, 0.5) is 4.79 Å². The normalized spacial score (nSPS) is 14.1. The van der Waals surface area contributed by atoms with Crippen LogP contribution < -0.4 is 0 Å². The predicted octanol–water partition coefficient (Wildman–Crippen LogP) is 5.00. The number of hydrogen-bond acceptors (Lipinski definition) is 6. The van der Waals surface area contributed by atoms with Gasteiger partial charge in [-0.15, -0.1) is 0 Å². The van der Waals surface area contributed by atoms with Gasteiger partial charge in [0.2, 0.25) is 0 Å². The Kier molecular flexibility index (Phi) is 6.06. The summed E-state index contributed by atoms with van der Waals surface area (Å²) in [5.74, 6) is -0.101. The lowest BCUT2D eigenvalue weighted by Crippen LogP contribution is -2.50. The fourth-order valence-corrected chi connectivity index (χ4v) is 4.30. The van der Waals surface area contributed by atoms with E-state index >= 15 is 0 Å². The van der Waals surface area contributed by atoms with Gasteiger partial charge < -0.3 is 19.0 Å². The zero-order valence-electron chi connectivity index (χ0n) is 18.7. The van der Waals surface area contributed by atoms with Crippen LogP contribution in [0.3, 0.4) is 0 Å². The second-order valence-electron chi connectivity index (χ2n) is 8.15. The van der Waals surface area contributed by atoms with E-state index in [9.17, 15) is 9.59 Å². The number of ether oxygens (including phenoxy) is 1. The van der Waals surface area contributed by atoms with Crippen LogP contribution >= 0.6 is 11.6 Å². The summed E-state index contributed by atoms with van der Waals surface area (Å²) in [6, 6.07) is 12.8. The fraction of sp³-hybridized carbons (Fsp3) is 0.280. The van der Waals surface area contributed by atoms with Gasteiger partial charge in [-0.25, -0.2) is 14.8 Å². The number of pyridine rings is 1. The Labute approximate surface area is 201 Å². The molecule has 174 valence electrons. The van der Waals surface area contributed by atoms with Crippen molar-refractivity contribution in [2.75, 3.05) is 32.8 Å². The molecule has 2 amide bonds. The number of aromatic nitrogens is 2. The molecule has 5 rings (SSSR count). The number of carbonyl (C=O) groups excluding carboxylic acids is 2. The topological polar surface area (TPSA) is 88.8 Å². The number of rotatable bonds is 4. The molecule has 4 aromatic rings. The number of fused-ring (bicyclic) bond motifs is 2. The Morgan fingerprint density at radius 3 is 2.62 bits per heavy atom. The van der Waals surface area contributed by atoms with Crippen LogP contribution in [-0.4, -0.2) is 64.6 Å². The molecule has 0 spiro atoms. The number of amides is 2. The number of oxazole rings is 1. The maximum Gasteiger partial charge on any atom is 0.409 e. The van der Waals surface area contributed by atoms with E-state index in [1.807, 2.05) is 37.3 Å². The largest absolute Gasteiger partial charge is 0.449 e. The molecule has 0 bridgehead atoms. The molecule has 1 fully saturated rings. The summed E-state index contributed by atoms with van der Waals surface area (Å²) in [6.07, 6.45) is 1.86. The lowest BCUT2D eigenvalue weighted by atomic mass is 10.1. The van der Waals surface area contributed by atoms with E-state index in [2.05, 4.69) is 4.98 Å². The number of hydrogen-bond donors (Lipinski definition) is 0. The summed E-state index contributed by atoms with van der Waals surface area (Å²) >= 11 is 6.55. The van der Waals surface area contributed by atoms with Gasteiger partial charge in [0.25, 0.3) is 5.91 Å². The first-order valence-corrected chi connectivity index (χ1v) is 11.6. The molecule has 0 aliphatic carbocycles. The minimum absolute atomic E-state index is 0.101. The average molecular weight is 479 g/mol. The molecule has 0 N–H and O–H groups in total. The highest BCUT2D eigenvalue weighted by atomic mass is 35.5. The van der Waals surface area contributed by atoms with Gasteiger partial charge in [0.05, 0.1) is 22.8 Å². The van der Waals surface area contributed by atoms with Gasteiger partial charge in [0.15, 0.2) is 12.0 Å². The van der Waals surface area contributed by atoms with Crippen molar-refractivity contribution in [2.24, 2.45) is 0 Å². The molecule has 0 radical (unpaired) electrons. The van der Waals surface area contributed by atoms with Gasteiger partial charge in [-0.1, -0.05) is 24.6 Å². The third kappa shape index (κ3) is 4.28. The van der Waals surface area contributed by atoms with Gasteiger partial charge in [-0.3, -0.25) is 4.79 Å². The van der Waals surface area contributed by atoms with Gasteiger partial charge >= 0.3 is 6.09 Å². The summed E-state index contributed by atoms with van der Waals surface area (Å²) < 4.78 is 10.5. The number of piperazine rings is 1. The van der Waals surface area contributed by atoms with Crippen LogP contribution in [0.1, 0.15) is 23.7 Å². The third-order valence-electron chi connectivity index (χ3n) is 5.89. The van der Waals surface area contributed by atoms with E-state index < -0.39 is 0 Å². The Hall–Kier alpha value is -3.65. The summed E-state index contributed by atoms with van der Waals surface area (Å²) in [4.78, 5) is 37.6. The van der Waals surface area contributed by atoms with Crippen molar-refractivity contribution in [2.45, 2.75) is 13.3 Å². The molecule has 0 atom stereocenters. The maximum atomic E-state index is 13.2. The number of carbonyl (C=O) groups is 2. The van der Waals surface area contributed by atoms with Crippen molar-refractivity contribution < 1.29 is 18.7 Å². The van der Waals surface area contributed by atoms with Gasteiger partial charge in [0.1, 0.15) is 5.52 Å². The van der Waals surface area contributed by atoms with Crippen molar-refractivity contribution in [3.63, 3.8) is 0 Å². The first kappa shape index (κ1) is 22.2. The highest BCUT2D eigenvalue weighted by Gasteiger charge is 2.26. The standard InChI is InChI=1S/C25H23ClN4O4/c1-2-11-33-25(32)30-9-7-29(8-10-30)24(31)17-3-5-18-19(26)14-20(28-21(18)13-17)16-4-6-23-22(12-16)27-15-34-23/h3-6,12-15H,2,7-11H2,1H3. The van der Waals surface area contributed by atoms with Crippen molar-refractivity contribution in [1.82, 2.24) is 19.8 Å². The van der Waals surface area contributed by atoms with Crippen LogP contribution in [0.15, 0.2) is 53.3 Å². The van der Waals surface area contributed by atoms with Crippen molar-refractivity contribution in [1.29, 1.82) is 0 Å².